The number of nitrogens with one attached hydrogen (secondary N) is 1. The average Bonchev–Trinajstić information content (AvgIpc) is 1.97. The number of amides is 1. The minimum atomic E-state index is -1.33. The molecule has 12 heavy (non-hydrogen) atoms. The second-order valence-electron chi connectivity index (χ2n) is 3.00. The predicted octanol–water partition coefficient (Wildman–Crippen LogP) is 0.573. The topological polar surface area (TPSA) is 66.4 Å². The van der Waals surface area contributed by atoms with E-state index >= 15 is 0 Å². The van der Waals surface area contributed by atoms with Gasteiger partial charge in [0.15, 0.2) is 5.78 Å². The second-order valence-corrected chi connectivity index (χ2v) is 3.54. The van der Waals surface area contributed by atoms with Crippen molar-refractivity contribution in [2.45, 2.75) is 32.3 Å². The lowest BCUT2D eigenvalue weighted by molar-refractivity contribution is -0.135. The Bertz CT molecular complexity index is 186. The first-order chi connectivity index (χ1) is 5.38. The fourth-order valence-corrected chi connectivity index (χ4v) is 0.850. The van der Waals surface area contributed by atoms with Crippen LogP contribution in [0.1, 0.15) is 26.7 Å². The van der Waals surface area contributed by atoms with Crippen molar-refractivity contribution in [1.82, 2.24) is 3.53 Å². The molecule has 0 bridgehead atoms. The molecule has 0 aromatic carbocycles. The molecule has 1 amide bonds. The highest BCUT2D eigenvalue weighted by atomic mass is 127. The summed E-state index contributed by atoms with van der Waals surface area (Å²) in [6, 6.07) is 0. The van der Waals surface area contributed by atoms with Crippen LogP contribution in [0, 0.1) is 0 Å². The summed E-state index contributed by atoms with van der Waals surface area (Å²) in [5.74, 6) is -0.518. The number of halogens is 1. The Morgan fingerprint density at radius 3 is 2.25 bits per heavy atom. The van der Waals surface area contributed by atoms with Gasteiger partial charge in [-0.15, -0.1) is 0 Å². The van der Waals surface area contributed by atoms with Gasteiger partial charge < -0.3 is 5.11 Å². The van der Waals surface area contributed by atoms with Gasteiger partial charge in [-0.1, -0.05) is 0 Å². The van der Waals surface area contributed by atoms with E-state index in [1.165, 1.54) is 13.8 Å². The number of aliphatic hydroxyl groups is 1. The molecule has 0 aliphatic heterocycles. The molecule has 5 heteroatoms. The smallest absolute Gasteiger partial charge is 0.229 e. The molecule has 4 nitrogen and oxygen atoms in total. The number of hydrogen-bond acceptors (Lipinski definition) is 3. The van der Waals surface area contributed by atoms with Gasteiger partial charge in [-0.25, -0.2) is 0 Å². The van der Waals surface area contributed by atoms with Gasteiger partial charge in [-0.05, 0) is 13.8 Å². The van der Waals surface area contributed by atoms with Gasteiger partial charge in [0.25, 0.3) is 0 Å². The Hall–Kier alpha value is -0.170. The van der Waals surface area contributed by atoms with Crippen LogP contribution in [0.4, 0.5) is 0 Å². The van der Waals surface area contributed by atoms with E-state index in [4.69, 9.17) is 0 Å². The van der Waals surface area contributed by atoms with Gasteiger partial charge in [0.1, 0.15) is 5.60 Å². The Morgan fingerprint density at radius 2 is 1.92 bits per heavy atom. The number of hydrogen-bond donors (Lipinski definition) is 2. The number of ketones is 1. The molecule has 0 saturated carbocycles. The van der Waals surface area contributed by atoms with Crippen molar-refractivity contribution < 1.29 is 14.7 Å². The fraction of sp³-hybridized carbons (Fsp3) is 0.714. The van der Waals surface area contributed by atoms with Crippen LogP contribution in [0.2, 0.25) is 0 Å². The van der Waals surface area contributed by atoms with Crippen molar-refractivity contribution in [2.24, 2.45) is 0 Å². The van der Waals surface area contributed by atoms with Crippen molar-refractivity contribution in [1.29, 1.82) is 0 Å². The van der Waals surface area contributed by atoms with Gasteiger partial charge in [0, 0.05) is 12.8 Å². The highest BCUT2D eigenvalue weighted by molar-refractivity contribution is 14.1. The Kier molecular flexibility index (Phi) is 4.69. The maximum absolute atomic E-state index is 11.1. The summed E-state index contributed by atoms with van der Waals surface area (Å²) in [5, 5.41) is 9.19. The second kappa shape index (κ2) is 4.76. The van der Waals surface area contributed by atoms with Crippen LogP contribution < -0.4 is 3.53 Å². The third-order valence-corrected chi connectivity index (χ3v) is 1.97. The highest BCUT2D eigenvalue weighted by Crippen LogP contribution is 2.07. The van der Waals surface area contributed by atoms with E-state index in [2.05, 4.69) is 3.53 Å². The lowest BCUT2D eigenvalue weighted by atomic mass is 10.00. The number of Topliss-reactive ketones (excluding diaryl/α,β-unsaturated/α-hetero) is 1. The van der Waals surface area contributed by atoms with Crippen molar-refractivity contribution in [3.63, 3.8) is 0 Å². The molecule has 0 spiro atoms. The molecule has 0 aromatic rings. The molecule has 0 fully saturated rings. The molecule has 0 atom stereocenters. The van der Waals surface area contributed by atoms with Crippen molar-refractivity contribution in [3.05, 3.63) is 0 Å². The van der Waals surface area contributed by atoms with E-state index in [1.807, 2.05) is 0 Å². The van der Waals surface area contributed by atoms with Crippen molar-refractivity contribution >= 4 is 34.6 Å². The summed E-state index contributed by atoms with van der Waals surface area (Å²) in [7, 11) is 0. The van der Waals surface area contributed by atoms with Crippen molar-refractivity contribution in [2.75, 3.05) is 0 Å². The third kappa shape index (κ3) is 4.66. The predicted molar refractivity (Wildman–Crippen MR) is 52.7 cm³/mol. The summed E-state index contributed by atoms with van der Waals surface area (Å²) < 4.78 is 2.37. The summed E-state index contributed by atoms with van der Waals surface area (Å²) in [5.41, 5.74) is -1.33. The lowest BCUT2D eigenvalue weighted by Crippen LogP contribution is -2.31. The van der Waals surface area contributed by atoms with Crippen LogP contribution >= 0.6 is 22.9 Å². The normalized spacial score (nSPS) is 11.0. The number of carbonyl (C=O) groups is 2. The molecule has 0 radical (unpaired) electrons. The first kappa shape index (κ1) is 11.8. The number of rotatable bonds is 4. The standard InChI is InChI=1S/C7H12INO3/c1-7(2,12)5(10)3-4-6(11)9-8/h12H,3-4H2,1-2H3,(H,9,11). The zero-order valence-corrected chi connectivity index (χ0v) is 9.21. The SMILES string of the molecule is CC(C)(O)C(=O)CCC(=O)NI. The summed E-state index contributed by atoms with van der Waals surface area (Å²) in [4.78, 5) is 21.7. The maximum atomic E-state index is 11.1. The van der Waals surface area contributed by atoms with E-state index in [0.29, 0.717) is 0 Å². The van der Waals surface area contributed by atoms with Crippen LogP contribution in [0.5, 0.6) is 0 Å². The zero-order chi connectivity index (χ0) is 9.78. The molecule has 0 saturated heterocycles. The highest BCUT2D eigenvalue weighted by Gasteiger charge is 2.23. The van der Waals surface area contributed by atoms with Crippen LogP contribution in [0.25, 0.3) is 0 Å². The van der Waals surface area contributed by atoms with Gasteiger partial charge in [0.2, 0.25) is 5.91 Å². The Morgan fingerprint density at radius 1 is 1.42 bits per heavy atom. The van der Waals surface area contributed by atoms with Crippen molar-refractivity contribution in [3.8, 4) is 0 Å². The molecule has 0 heterocycles. The van der Waals surface area contributed by atoms with E-state index in [0.717, 1.165) is 0 Å². The first-order valence-corrected chi connectivity index (χ1v) is 4.61. The van der Waals surface area contributed by atoms with Gasteiger partial charge in [0.05, 0.1) is 22.9 Å². The third-order valence-electron chi connectivity index (χ3n) is 1.37. The summed E-state index contributed by atoms with van der Waals surface area (Å²) in [6.07, 6.45) is 0.212. The van der Waals surface area contributed by atoms with E-state index in [-0.39, 0.29) is 24.5 Å². The molecule has 0 aromatic heterocycles. The Balaban J connectivity index is 3.81. The molecular weight excluding hydrogens is 273 g/mol. The largest absolute Gasteiger partial charge is 0.383 e. The molecule has 0 aliphatic carbocycles. The van der Waals surface area contributed by atoms with Crippen LogP contribution in [0.3, 0.4) is 0 Å². The maximum Gasteiger partial charge on any atom is 0.229 e. The van der Waals surface area contributed by atoms with Crippen LogP contribution in [-0.4, -0.2) is 22.4 Å². The van der Waals surface area contributed by atoms with Gasteiger partial charge in [-0.2, -0.15) is 0 Å². The quantitative estimate of drug-likeness (QED) is 0.586. The number of carbonyl (C=O) groups excluding carboxylic acids is 2. The molecule has 70 valence electrons. The minimum Gasteiger partial charge on any atom is -0.383 e. The monoisotopic (exact) mass is 285 g/mol. The van der Waals surface area contributed by atoms with E-state index in [9.17, 15) is 14.7 Å². The molecule has 2 N–H and O–H groups in total. The van der Waals surface area contributed by atoms with Gasteiger partial charge >= 0.3 is 0 Å². The zero-order valence-electron chi connectivity index (χ0n) is 7.06. The average molecular weight is 285 g/mol. The first-order valence-electron chi connectivity index (χ1n) is 3.53. The van der Waals surface area contributed by atoms with Gasteiger partial charge in [-0.3, -0.25) is 13.1 Å². The summed E-state index contributed by atoms with van der Waals surface area (Å²) in [6.45, 7) is 2.83. The van der Waals surface area contributed by atoms with Crippen LogP contribution in [0.15, 0.2) is 0 Å². The minimum absolute atomic E-state index is 0.0817. The van der Waals surface area contributed by atoms with E-state index < -0.39 is 5.60 Å². The molecule has 0 aliphatic rings. The molecule has 0 rings (SSSR count). The molecule has 0 unspecified atom stereocenters. The summed E-state index contributed by atoms with van der Waals surface area (Å²) >= 11 is 1.71. The van der Waals surface area contributed by atoms with E-state index in [1.54, 1.807) is 22.9 Å². The van der Waals surface area contributed by atoms with Crippen LogP contribution in [-0.2, 0) is 9.59 Å². The molecular formula is C7H12INO3. The fourth-order valence-electron chi connectivity index (χ4n) is 0.580. The lowest BCUT2D eigenvalue weighted by Gasteiger charge is -2.14. The Labute approximate surface area is 85.2 Å².